The fourth-order valence-corrected chi connectivity index (χ4v) is 4.87. The van der Waals surface area contributed by atoms with Crippen LogP contribution in [-0.4, -0.2) is 27.3 Å². The van der Waals surface area contributed by atoms with E-state index in [0.717, 1.165) is 11.6 Å². The predicted octanol–water partition coefficient (Wildman–Crippen LogP) is 5.02. The number of nitrogens with zero attached hydrogens (tertiary/aromatic N) is 4. The van der Waals surface area contributed by atoms with E-state index in [9.17, 15) is 9.18 Å². The number of thiazole rings is 1. The molecule has 4 aromatic rings. The Morgan fingerprint density at radius 3 is 2.72 bits per heavy atom. The molecule has 2 aromatic heterocycles. The lowest BCUT2D eigenvalue weighted by molar-refractivity contribution is -0.764. The summed E-state index contributed by atoms with van der Waals surface area (Å²) < 4.78 is 41.2. The van der Waals surface area contributed by atoms with Crippen LogP contribution in [0.15, 0.2) is 60.5 Å². The maximum absolute atomic E-state index is 15.3. The molecule has 2 heterocycles. The molecule has 0 bridgehead atoms. The van der Waals surface area contributed by atoms with Gasteiger partial charge >= 0.3 is 12.5 Å². The smallest absolute Gasteiger partial charge is 0.418 e. The van der Waals surface area contributed by atoms with Gasteiger partial charge in [-0.1, -0.05) is 30.7 Å². The van der Waals surface area contributed by atoms with Gasteiger partial charge in [-0.25, -0.2) is 18.6 Å². The first kappa shape index (κ1) is 25.2. The minimum absolute atomic E-state index is 0.0832. The molecule has 0 amide bonds. The highest BCUT2D eigenvalue weighted by atomic mass is 35.5. The van der Waals surface area contributed by atoms with Gasteiger partial charge in [-0.15, -0.1) is 11.3 Å². The van der Waals surface area contributed by atoms with E-state index in [2.05, 4.69) is 16.2 Å². The Morgan fingerprint density at radius 1 is 1.31 bits per heavy atom. The number of aromatic nitrogens is 4. The molecule has 12 heteroatoms. The van der Waals surface area contributed by atoms with E-state index in [1.807, 2.05) is 0 Å². The molecule has 0 fully saturated rings. The number of halogens is 3. The van der Waals surface area contributed by atoms with Gasteiger partial charge in [-0.3, -0.25) is 0 Å². The minimum Gasteiger partial charge on any atom is -0.418 e. The number of carbonyl (C=O) groups is 1. The SMILES string of the molecule is C[C@@H](c1nc(-c2ccc(C#N)cc2)cs1)C(C[n+]1cnc[nH]1)(OC(=O)OCCl)c1ccc(F)cc1F. The standard InChI is InChI=1S/C24H18ClF2N5O3S/c1-15(22-31-21(10-36-22)17-4-2-16(9-28)3-5-17)24(35-23(33)34-12-25,11-32-14-29-13-30-32)19-7-6-18(26)8-20(19)27/h2-8,10,13-15H,11-12H2,1H3/p+1/t15-,24?/m0/s1. The first-order valence-corrected chi connectivity index (χ1v) is 12.0. The number of ether oxygens (including phenoxy) is 2. The molecular weight excluding hydrogens is 512 g/mol. The molecule has 0 aliphatic carbocycles. The van der Waals surface area contributed by atoms with Crippen LogP contribution >= 0.6 is 22.9 Å². The van der Waals surface area contributed by atoms with Gasteiger partial charge in [0.15, 0.2) is 18.2 Å². The largest absolute Gasteiger partial charge is 0.510 e. The molecule has 0 radical (unpaired) electrons. The van der Waals surface area contributed by atoms with Crippen LogP contribution in [0.25, 0.3) is 11.3 Å². The Kier molecular flexibility index (Phi) is 7.57. The summed E-state index contributed by atoms with van der Waals surface area (Å²) in [6.45, 7) is 1.59. The van der Waals surface area contributed by atoms with Crippen molar-refractivity contribution in [1.82, 2.24) is 15.1 Å². The van der Waals surface area contributed by atoms with Gasteiger partial charge in [0.2, 0.25) is 6.33 Å². The Bertz CT molecular complexity index is 1390. The Balaban J connectivity index is 1.83. The number of alkyl halides is 1. The van der Waals surface area contributed by atoms with Crippen molar-refractivity contribution in [3.8, 4) is 17.3 Å². The molecule has 2 aromatic carbocycles. The lowest BCUT2D eigenvalue weighted by Crippen LogP contribution is -2.52. The third-order valence-electron chi connectivity index (χ3n) is 5.64. The number of nitrogens with one attached hydrogen (secondary N) is 1. The highest BCUT2D eigenvalue weighted by Crippen LogP contribution is 2.44. The summed E-state index contributed by atoms with van der Waals surface area (Å²) >= 11 is 6.84. The van der Waals surface area contributed by atoms with Crippen molar-refractivity contribution in [3.05, 3.63) is 88.3 Å². The Labute approximate surface area is 213 Å². The van der Waals surface area contributed by atoms with Gasteiger partial charge in [0.05, 0.1) is 23.2 Å². The number of carbonyl (C=O) groups excluding carboxylic acids is 1. The lowest BCUT2D eigenvalue weighted by Gasteiger charge is -2.36. The molecule has 1 N–H and O–H groups in total. The average molecular weight is 531 g/mol. The van der Waals surface area contributed by atoms with Crippen LogP contribution in [0.5, 0.6) is 0 Å². The van der Waals surface area contributed by atoms with Crippen LogP contribution in [0.2, 0.25) is 0 Å². The number of aromatic amines is 1. The van der Waals surface area contributed by atoms with E-state index in [0.29, 0.717) is 22.3 Å². The quantitative estimate of drug-likeness (QED) is 0.195. The molecule has 0 aliphatic heterocycles. The molecule has 4 rings (SSSR count). The molecular formula is C24H19ClF2N5O3S+. The summed E-state index contributed by atoms with van der Waals surface area (Å²) in [7, 11) is 0. The summed E-state index contributed by atoms with van der Waals surface area (Å²) in [5.74, 6) is -2.44. The van der Waals surface area contributed by atoms with Crippen LogP contribution < -0.4 is 4.68 Å². The molecule has 2 atom stereocenters. The summed E-state index contributed by atoms with van der Waals surface area (Å²) in [6, 6.07) is 11.5. The Hall–Kier alpha value is -3.88. The highest BCUT2D eigenvalue weighted by Gasteiger charge is 2.49. The van der Waals surface area contributed by atoms with Crippen LogP contribution in [0.1, 0.15) is 29.0 Å². The number of hydrogen-bond donors (Lipinski definition) is 1. The highest BCUT2D eigenvalue weighted by molar-refractivity contribution is 7.10. The van der Waals surface area contributed by atoms with Crippen molar-refractivity contribution in [2.24, 2.45) is 0 Å². The van der Waals surface area contributed by atoms with Crippen molar-refractivity contribution in [2.75, 3.05) is 6.07 Å². The second-order valence-electron chi connectivity index (χ2n) is 7.75. The first-order chi connectivity index (χ1) is 17.4. The second kappa shape index (κ2) is 10.8. The van der Waals surface area contributed by atoms with Gasteiger partial charge in [-0.2, -0.15) is 15.0 Å². The lowest BCUT2D eigenvalue weighted by atomic mass is 9.81. The van der Waals surface area contributed by atoms with Crippen molar-refractivity contribution in [3.63, 3.8) is 0 Å². The molecule has 0 saturated carbocycles. The maximum atomic E-state index is 15.3. The topological polar surface area (TPSA) is 105 Å². The van der Waals surface area contributed by atoms with Gasteiger partial charge in [0.25, 0.3) is 0 Å². The summed E-state index contributed by atoms with van der Waals surface area (Å²) in [4.78, 5) is 21.2. The first-order valence-electron chi connectivity index (χ1n) is 10.6. The second-order valence-corrected chi connectivity index (χ2v) is 8.86. The average Bonchev–Trinajstić information content (AvgIpc) is 3.56. The number of nitriles is 1. The molecule has 36 heavy (non-hydrogen) atoms. The van der Waals surface area contributed by atoms with Crippen molar-refractivity contribution in [1.29, 1.82) is 5.26 Å². The van der Waals surface area contributed by atoms with Crippen LogP contribution in [-0.2, 0) is 21.6 Å². The minimum atomic E-state index is -1.74. The van der Waals surface area contributed by atoms with E-state index in [1.54, 1.807) is 36.6 Å². The van der Waals surface area contributed by atoms with Crippen LogP contribution in [0, 0.1) is 23.0 Å². The summed E-state index contributed by atoms with van der Waals surface area (Å²) in [5.41, 5.74) is 0.0825. The molecule has 0 saturated heterocycles. The fraction of sp³-hybridized carbons (Fsp3) is 0.208. The van der Waals surface area contributed by atoms with E-state index >= 15 is 4.39 Å². The van der Waals surface area contributed by atoms with Gasteiger partial charge in [0, 0.05) is 22.6 Å². The van der Waals surface area contributed by atoms with Crippen LogP contribution in [0.3, 0.4) is 0 Å². The number of rotatable bonds is 8. The van der Waals surface area contributed by atoms with E-state index in [-0.39, 0.29) is 12.1 Å². The maximum Gasteiger partial charge on any atom is 0.510 e. The fourth-order valence-electron chi connectivity index (χ4n) is 3.81. The summed E-state index contributed by atoms with van der Waals surface area (Å²) in [5, 5.41) is 14.2. The number of H-pyrrole nitrogens is 1. The zero-order chi connectivity index (χ0) is 25.7. The molecule has 0 aliphatic rings. The normalized spacial score (nSPS) is 13.4. The Morgan fingerprint density at radius 2 is 2.08 bits per heavy atom. The third-order valence-corrected chi connectivity index (χ3v) is 6.77. The molecule has 0 spiro atoms. The summed E-state index contributed by atoms with van der Waals surface area (Å²) in [6.07, 6.45) is 1.70. The zero-order valence-corrected chi connectivity index (χ0v) is 20.4. The van der Waals surface area contributed by atoms with Crippen molar-refractivity contribution >= 4 is 29.1 Å². The number of benzene rings is 2. The van der Waals surface area contributed by atoms with Crippen molar-refractivity contribution in [2.45, 2.75) is 25.0 Å². The van der Waals surface area contributed by atoms with Gasteiger partial charge < -0.3 is 9.47 Å². The molecule has 1 unspecified atom stereocenters. The predicted molar refractivity (Wildman–Crippen MR) is 126 cm³/mol. The molecule has 184 valence electrons. The molecule has 8 nitrogen and oxygen atoms in total. The third kappa shape index (κ3) is 5.19. The van der Waals surface area contributed by atoms with E-state index < -0.39 is 35.4 Å². The number of hydrogen-bond acceptors (Lipinski definition) is 7. The van der Waals surface area contributed by atoms with E-state index in [1.165, 1.54) is 34.7 Å². The van der Waals surface area contributed by atoms with E-state index in [4.69, 9.17) is 31.3 Å². The van der Waals surface area contributed by atoms with Gasteiger partial charge in [0.1, 0.15) is 16.6 Å². The van der Waals surface area contributed by atoms with Crippen LogP contribution in [0.4, 0.5) is 13.6 Å². The van der Waals surface area contributed by atoms with Crippen molar-refractivity contribution < 1.29 is 27.7 Å². The monoisotopic (exact) mass is 530 g/mol. The van der Waals surface area contributed by atoms with Gasteiger partial charge in [-0.05, 0) is 29.2 Å². The zero-order valence-electron chi connectivity index (χ0n) is 18.8.